The second kappa shape index (κ2) is 5.74. The first-order chi connectivity index (χ1) is 9.81. The van der Waals surface area contributed by atoms with Gasteiger partial charge in [0.05, 0.1) is 10.8 Å². The summed E-state index contributed by atoms with van der Waals surface area (Å²) in [5.74, 6) is -1.95. The number of phenolic OH excluding ortho intramolecular Hbond substituents is 2. The fourth-order valence-corrected chi connectivity index (χ4v) is 3.15. The number of carbonyl (C=O) groups excluding carboxylic acids is 1. The van der Waals surface area contributed by atoms with Crippen LogP contribution >= 0.6 is 24.0 Å². The molecule has 0 atom stereocenters. The fraction of sp³-hybridized carbons (Fsp3) is 0.154. The van der Waals surface area contributed by atoms with Crippen molar-refractivity contribution in [3.8, 4) is 11.5 Å². The van der Waals surface area contributed by atoms with E-state index >= 15 is 0 Å². The summed E-state index contributed by atoms with van der Waals surface area (Å²) in [6.07, 6.45) is 0. The van der Waals surface area contributed by atoms with E-state index < -0.39 is 16.9 Å². The third-order valence-corrected chi connectivity index (χ3v) is 4.43. The maximum atomic E-state index is 12.2. The summed E-state index contributed by atoms with van der Waals surface area (Å²) in [6.45, 7) is 1.65. The lowest BCUT2D eigenvalue weighted by Crippen LogP contribution is -2.35. The molecule has 1 fully saturated rings. The van der Waals surface area contributed by atoms with Crippen molar-refractivity contribution in [1.82, 2.24) is 4.90 Å². The molecule has 1 aromatic carbocycles. The number of phenols is 2. The first-order valence-corrected chi connectivity index (χ1v) is 7.17. The van der Waals surface area contributed by atoms with E-state index in [1.54, 1.807) is 6.92 Å². The number of hydrogen-bond acceptors (Lipinski definition) is 6. The topological polar surface area (TPSA) is 98.1 Å². The highest BCUT2D eigenvalue weighted by molar-refractivity contribution is 8.04. The average molecular weight is 325 g/mol. The second-order valence-electron chi connectivity index (χ2n) is 4.31. The van der Waals surface area contributed by atoms with Gasteiger partial charge in [-0.25, -0.2) is 4.79 Å². The van der Waals surface area contributed by atoms with Gasteiger partial charge in [0, 0.05) is 6.07 Å². The van der Waals surface area contributed by atoms with Crippen molar-refractivity contribution >= 4 is 46.4 Å². The van der Waals surface area contributed by atoms with Crippen LogP contribution in [0.5, 0.6) is 11.5 Å². The molecule has 1 saturated heterocycles. The number of carboxylic acids is 1. The van der Waals surface area contributed by atoms with Gasteiger partial charge in [-0.05, 0) is 30.2 Å². The van der Waals surface area contributed by atoms with E-state index in [4.69, 9.17) is 17.3 Å². The Labute approximate surface area is 129 Å². The SMILES string of the molecule is CC(=C1SCN(C(=S)C(=O)O)C1=O)c1cc(O)cc(O)c1. The van der Waals surface area contributed by atoms with Crippen molar-refractivity contribution in [2.75, 3.05) is 5.88 Å². The van der Waals surface area contributed by atoms with E-state index in [0.29, 0.717) is 16.0 Å². The van der Waals surface area contributed by atoms with Crippen LogP contribution in [0.25, 0.3) is 5.57 Å². The molecule has 0 bridgehead atoms. The van der Waals surface area contributed by atoms with Crippen molar-refractivity contribution in [2.24, 2.45) is 0 Å². The summed E-state index contributed by atoms with van der Waals surface area (Å²) in [5.41, 5.74) is 1.01. The van der Waals surface area contributed by atoms with Gasteiger partial charge in [0.1, 0.15) is 11.5 Å². The van der Waals surface area contributed by atoms with Crippen LogP contribution in [0.15, 0.2) is 23.1 Å². The number of rotatable bonds is 1. The number of allylic oxidation sites excluding steroid dienone is 1. The zero-order valence-electron chi connectivity index (χ0n) is 10.9. The molecule has 2 rings (SSSR count). The summed E-state index contributed by atoms with van der Waals surface area (Å²) < 4.78 is 0. The number of thiocarbonyl (C=S) groups is 1. The van der Waals surface area contributed by atoms with Gasteiger partial charge in [0.2, 0.25) is 0 Å². The molecule has 1 amide bonds. The van der Waals surface area contributed by atoms with Crippen LogP contribution in [-0.2, 0) is 9.59 Å². The highest BCUT2D eigenvalue weighted by Gasteiger charge is 2.33. The molecule has 3 N–H and O–H groups in total. The molecule has 8 heteroatoms. The number of thioether (sulfide) groups is 1. The Balaban J connectivity index is 2.39. The first-order valence-electron chi connectivity index (χ1n) is 5.77. The molecule has 6 nitrogen and oxygen atoms in total. The van der Waals surface area contributed by atoms with Gasteiger partial charge < -0.3 is 15.3 Å². The predicted molar refractivity (Wildman–Crippen MR) is 81.9 cm³/mol. The Morgan fingerprint density at radius 3 is 2.38 bits per heavy atom. The molecule has 1 aliphatic heterocycles. The van der Waals surface area contributed by atoms with Crippen molar-refractivity contribution in [2.45, 2.75) is 6.92 Å². The van der Waals surface area contributed by atoms with Crippen LogP contribution in [0.2, 0.25) is 0 Å². The largest absolute Gasteiger partial charge is 0.508 e. The summed E-state index contributed by atoms with van der Waals surface area (Å²) >= 11 is 5.86. The summed E-state index contributed by atoms with van der Waals surface area (Å²) in [6, 6.07) is 4.00. The Morgan fingerprint density at radius 1 is 1.29 bits per heavy atom. The molecule has 1 aromatic rings. The predicted octanol–water partition coefficient (Wildman–Crippen LogP) is 1.77. The highest BCUT2D eigenvalue weighted by Crippen LogP contribution is 2.36. The van der Waals surface area contributed by atoms with Crippen LogP contribution in [0, 0.1) is 0 Å². The molecule has 0 aromatic heterocycles. The molecule has 0 saturated carbocycles. The van der Waals surface area contributed by atoms with E-state index in [9.17, 15) is 19.8 Å². The quantitative estimate of drug-likeness (QED) is 0.535. The van der Waals surface area contributed by atoms with Crippen LogP contribution in [0.4, 0.5) is 0 Å². The van der Waals surface area contributed by atoms with E-state index in [1.807, 2.05) is 0 Å². The summed E-state index contributed by atoms with van der Waals surface area (Å²) in [4.78, 5) is 23.9. The number of carbonyl (C=O) groups is 2. The molecule has 1 aliphatic rings. The summed E-state index contributed by atoms with van der Waals surface area (Å²) in [5, 5.41) is 27.8. The fourth-order valence-electron chi connectivity index (χ4n) is 1.85. The Hall–Kier alpha value is -2.06. The molecular formula is C13H11NO5S2. The van der Waals surface area contributed by atoms with Gasteiger partial charge in [0.15, 0.2) is 4.99 Å². The monoisotopic (exact) mass is 325 g/mol. The molecular weight excluding hydrogens is 314 g/mol. The third kappa shape index (κ3) is 3.01. The lowest BCUT2D eigenvalue weighted by atomic mass is 10.1. The first kappa shape index (κ1) is 15.3. The van der Waals surface area contributed by atoms with Crippen molar-refractivity contribution in [3.63, 3.8) is 0 Å². The van der Waals surface area contributed by atoms with Crippen LogP contribution < -0.4 is 0 Å². The lowest BCUT2D eigenvalue weighted by molar-refractivity contribution is -0.131. The van der Waals surface area contributed by atoms with Gasteiger partial charge in [-0.2, -0.15) is 0 Å². The van der Waals surface area contributed by atoms with Crippen LogP contribution in [0.3, 0.4) is 0 Å². The average Bonchev–Trinajstić information content (AvgIpc) is 2.77. The Morgan fingerprint density at radius 2 is 1.86 bits per heavy atom. The molecule has 21 heavy (non-hydrogen) atoms. The third-order valence-electron chi connectivity index (χ3n) is 2.88. The van der Waals surface area contributed by atoms with Gasteiger partial charge in [-0.15, -0.1) is 0 Å². The standard InChI is InChI=1S/C13H11NO5S2/c1-6(7-2-8(15)4-9(16)3-7)10-11(17)14(5-21-10)12(20)13(18)19/h2-4,15-16H,5H2,1H3,(H,18,19). The van der Waals surface area contributed by atoms with Crippen molar-refractivity contribution < 1.29 is 24.9 Å². The van der Waals surface area contributed by atoms with Gasteiger partial charge in [-0.3, -0.25) is 9.69 Å². The minimum absolute atomic E-state index is 0.126. The van der Waals surface area contributed by atoms with Crippen LogP contribution in [0.1, 0.15) is 12.5 Å². The molecule has 0 aliphatic carbocycles. The molecule has 0 unspecified atom stereocenters. The Kier molecular flexibility index (Phi) is 4.19. The van der Waals surface area contributed by atoms with E-state index in [2.05, 4.69) is 0 Å². The number of amides is 1. The zero-order chi connectivity index (χ0) is 15.7. The number of benzene rings is 1. The minimum atomic E-state index is -1.33. The van der Waals surface area contributed by atoms with E-state index in [1.165, 1.54) is 18.2 Å². The highest BCUT2D eigenvalue weighted by atomic mass is 32.2. The normalized spacial score (nSPS) is 17.0. The molecule has 1 heterocycles. The molecule has 0 spiro atoms. The number of nitrogens with zero attached hydrogens (tertiary/aromatic N) is 1. The lowest BCUT2D eigenvalue weighted by Gasteiger charge is -2.11. The van der Waals surface area contributed by atoms with Gasteiger partial charge in [0.25, 0.3) is 5.91 Å². The smallest absolute Gasteiger partial charge is 0.364 e. The number of aliphatic carboxylic acids is 1. The number of carboxylic acid groups (broad SMARTS) is 1. The van der Waals surface area contributed by atoms with Crippen molar-refractivity contribution in [1.29, 1.82) is 0 Å². The molecule has 110 valence electrons. The maximum Gasteiger partial charge on any atom is 0.364 e. The zero-order valence-corrected chi connectivity index (χ0v) is 12.5. The van der Waals surface area contributed by atoms with E-state index in [-0.39, 0.29) is 17.4 Å². The van der Waals surface area contributed by atoms with Gasteiger partial charge in [-0.1, -0.05) is 24.0 Å². The molecule has 0 radical (unpaired) electrons. The number of aromatic hydroxyl groups is 2. The van der Waals surface area contributed by atoms with Gasteiger partial charge >= 0.3 is 5.97 Å². The summed E-state index contributed by atoms with van der Waals surface area (Å²) in [7, 11) is 0. The van der Waals surface area contributed by atoms with Crippen LogP contribution in [-0.4, -0.2) is 43.0 Å². The Bertz CT molecular complexity index is 663. The maximum absolute atomic E-state index is 12.2. The van der Waals surface area contributed by atoms with Crippen molar-refractivity contribution in [3.05, 3.63) is 28.7 Å². The minimum Gasteiger partial charge on any atom is -0.508 e. The number of hydrogen-bond donors (Lipinski definition) is 3. The van der Waals surface area contributed by atoms with E-state index in [0.717, 1.165) is 16.7 Å². The second-order valence-corrected chi connectivity index (χ2v) is 5.65.